The van der Waals surface area contributed by atoms with Gasteiger partial charge in [0.05, 0.1) is 0 Å². The lowest BCUT2D eigenvalue weighted by Gasteiger charge is -2.31. The van der Waals surface area contributed by atoms with Crippen molar-refractivity contribution in [2.24, 2.45) is 11.1 Å². The Morgan fingerprint density at radius 1 is 1.15 bits per heavy atom. The molecule has 1 unspecified atom stereocenters. The van der Waals surface area contributed by atoms with Crippen LogP contribution in [0.5, 0.6) is 0 Å². The maximum absolute atomic E-state index is 6.12. The van der Waals surface area contributed by atoms with Crippen LogP contribution in [0, 0.1) is 5.41 Å². The second kappa shape index (κ2) is 6.65. The second-order valence-electron chi connectivity index (χ2n) is 6.51. The molecule has 4 heteroatoms. The summed E-state index contributed by atoms with van der Waals surface area (Å²) in [5, 5.41) is 1.36. The molecular weight excluding hydrogens is 291 g/mol. The Morgan fingerprint density at radius 2 is 1.80 bits per heavy atom. The third kappa shape index (κ3) is 4.11. The Labute approximate surface area is 132 Å². The third-order valence-corrected chi connectivity index (χ3v) is 4.74. The van der Waals surface area contributed by atoms with Crippen LogP contribution in [0.15, 0.2) is 18.2 Å². The molecule has 1 heterocycles. The largest absolute Gasteiger partial charge is 0.329 e. The number of halogens is 2. The van der Waals surface area contributed by atoms with Crippen LogP contribution in [0.25, 0.3) is 0 Å². The first-order valence-electron chi connectivity index (χ1n) is 7.31. The zero-order chi connectivity index (χ0) is 14.8. The molecule has 0 radical (unpaired) electrons. The Bertz CT molecular complexity index is 440. The van der Waals surface area contributed by atoms with E-state index in [0.29, 0.717) is 22.0 Å². The van der Waals surface area contributed by atoms with Crippen molar-refractivity contribution in [3.8, 4) is 0 Å². The number of hydrogen-bond donors (Lipinski definition) is 1. The Kier molecular flexibility index (Phi) is 5.36. The van der Waals surface area contributed by atoms with Crippen LogP contribution < -0.4 is 5.73 Å². The lowest BCUT2D eigenvalue weighted by atomic mass is 9.85. The summed E-state index contributed by atoms with van der Waals surface area (Å²) in [6, 6.07) is 5.95. The Morgan fingerprint density at radius 3 is 2.40 bits per heavy atom. The van der Waals surface area contributed by atoms with Crippen LogP contribution in [-0.2, 0) is 0 Å². The fourth-order valence-corrected chi connectivity index (χ4v) is 3.56. The average molecular weight is 315 g/mol. The Hall–Kier alpha value is -0.280. The highest BCUT2D eigenvalue weighted by Gasteiger charge is 2.27. The predicted molar refractivity (Wildman–Crippen MR) is 87.5 cm³/mol. The molecule has 0 spiro atoms. The number of rotatable bonds is 3. The average Bonchev–Trinajstić information content (AvgIpc) is 2.51. The van der Waals surface area contributed by atoms with Gasteiger partial charge < -0.3 is 5.73 Å². The first-order valence-corrected chi connectivity index (χ1v) is 8.07. The van der Waals surface area contributed by atoms with Gasteiger partial charge in [-0.3, -0.25) is 4.90 Å². The van der Waals surface area contributed by atoms with Gasteiger partial charge in [-0.1, -0.05) is 37.0 Å². The van der Waals surface area contributed by atoms with Crippen molar-refractivity contribution in [1.82, 2.24) is 4.90 Å². The SMILES string of the molecule is CC1(C)CCCN(C(CN)c2cc(Cl)cc(Cl)c2)CC1. The number of nitrogens with two attached hydrogens (primary N) is 1. The van der Waals surface area contributed by atoms with Gasteiger partial charge in [-0.25, -0.2) is 0 Å². The summed E-state index contributed by atoms with van der Waals surface area (Å²) in [5.41, 5.74) is 7.59. The van der Waals surface area contributed by atoms with Gasteiger partial charge in [0.2, 0.25) is 0 Å². The van der Waals surface area contributed by atoms with E-state index < -0.39 is 0 Å². The second-order valence-corrected chi connectivity index (χ2v) is 7.38. The maximum atomic E-state index is 6.12. The molecule has 1 fully saturated rings. The first-order chi connectivity index (χ1) is 9.41. The van der Waals surface area contributed by atoms with Crippen LogP contribution in [0.2, 0.25) is 10.0 Å². The summed E-state index contributed by atoms with van der Waals surface area (Å²) >= 11 is 12.2. The van der Waals surface area contributed by atoms with E-state index in [1.54, 1.807) is 6.07 Å². The lowest BCUT2D eigenvalue weighted by Crippen LogP contribution is -2.35. The molecule has 1 aromatic carbocycles. The third-order valence-electron chi connectivity index (χ3n) is 4.31. The van der Waals surface area contributed by atoms with Gasteiger partial charge in [-0.05, 0) is 61.5 Å². The fourth-order valence-electron chi connectivity index (χ4n) is 3.02. The number of hydrogen-bond acceptors (Lipinski definition) is 2. The van der Waals surface area contributed by atoms with Crippen LogP contribution in [0.3, 0.4) is 0 Å². The molecule has 112 valence electrons. The van der Waals surface area contributed by atoms with Crippen molar-refractivity contribution in [2.75, 3.05) is 19.6 Å². The molecule has 1 aliphatic heterocycles. The molecule has 0 amide bonds. The number of likely N-dealkylation sites (tertiary alicyclic amines) is 1. The van der Waals surface area contributed by atoms with E-state index >= 15 is 0 Å². The van der Waals surface area contributed by atoms with E-state index in [4.69, 9.17) is 28.9 Å². The molecule has 2 rings (SSSR count). The van der Waals surface area contributed by atoms with Crippen LogP contribution in [0.1, 0.15) is 44.7 Å². The van der Waals surface area contributed by atoms with Crippen LogP contribution in [0.4, 0.5) is 0 Å². The number of nitrogens with zero attached hydrogens (tertiary/aromatic N) is 1. The minimum absolute atomic E-state index is 0.208. The molecule has 20 heavy (non-hydrogen) atoms. The van der Waals surface area contributed by atoms with E-state index in [9.17, 15) is 0 Å². The predicted octanol–water partition coefficient (Wildman–Crippen LogP) is 4.51. The summed E-state index contributed by atoms with van der Waals surface area (Å²) in [6.45, 7) is 7.47. The fraction of sp³-hybridized carbons (Fsp3) is 0.625. The first kappa shape index (κ1) is 16.1. The van der Waals surface area contributed by atoms with Gasteiger partial charge in [0, 0.05) is 22.6 Å². The van der Waals surface area contributed by atoms with Gasteiger partial charge in [0.1, 0.15) is 0 Å². The van der Waals surface area contributed by atoms with Gasteiger partial charge in [0.15, 0.2) is 0 Å². The molecular formula is C16H24Cl2N2. The molecule has 1 aliphatic rings. The van der Waals surface area contributed by atoms with Crippen molar-refractivity contribution in [3.63, 3.8) is 0 Å². The zero-order valence-electron chi connectivity index (χ0n) is 12.3. The topological polar surface area (TPSA) is 29.3 Å². The van der Waals surface area contributed by atoms with E-state index in [-0.39, 0.29) is 6.04 Å². The van der Waals surface area contributed by atoms with Crippen molar-refractivity contribution in [2.45, 2.75) is 39.2 Å². The molecule has 0 aromatic heterocycles. The molecule has 0 aliphatic carbocycles. The maximum Gasteiger partial charge on any atom is 0.0471 e. The van der Waals surface area contributed by atoms with Gasteiger partial charge in [-0.2, -0.15) is 0 Å². The molecule has 1 atom stereocenters. The summed E-state index contributed by atoms with van der Waals surface area (Å²) in [7, 11) is 0. The summed E-state index contributed by atoms with van der Waals surface area (Å²) in [4.78, 5) is 2.48. The lowest BCUT2D eigenvalue weighted by molar-refractivity contribution is 0.200. The minimum Gasteiger partial charge on any atom is -0.329 e. The van der Waals surface area contributed by atoms with Crippen LogP contribution >= 0.6 is 23.2 Å². The monoisotopic (exact) mass is 314 g/mol. The quantitative estimate of drug-likeness (QED) is 0.889. The van der Waals surface area contributed by atoms with Crippen molar-refractivity contribution >= 4 is 23.2 Å². The molecule has 0 saturated carbocycles. The molecule has 1 aromatic rings. The van der Waals surface area contributed by atoms with Crippen molar-refractivity contribution in [1.29, 1.82) is 0 Å². The molecule has 2 N–H and O–H groups in total. The smallest absolute Gasteiger partial charge is 0.0471 e. The standard InChI is InChI=1S/C16H24Cl2N2/c1-16(2)4-3-6-20(7-5-16)15(11-19)12-8-13(17)10-14(18)9-12/h8-10,15H,3-7,11,19H2,1-2H3. The van der Waals surface area contributed by atoms with E-state index in [1.165, 1.54) is 19.3 Å². The van der Waals surface area contributed by atoms with Gasteiger partial charge in [-0.15, -0.1) is 0 Å². The van der Waals surface area contributed by atoms with Crippen molar-refractivity contribution in [3.05, 3.63) is 33.8 Å². The summed E-state index contributed by atoms with van der Waals surface area (Å²) < 4.78 is 0. The zero-order valence-corrected chi connectivity index (χ0v) is 13.8. The van der Waals surface area contributed by atoms with Gasteiger partial charge in [0.25, 0.3) is 0 Å². The minimum atomic E-state index is 0.208. The van der Waals surface area contributed by atoms with E-state index in [1.807, 2.05) is 12.1 Å². The van der Waals surface area contributed by atoms with E-state index in [0.717, 1.165) is 18.7 Å². The summed E-state index contributed by atoms with van der Waals surface area (Å²) in [5.74, 6) is 0. The normalized spacial score (nSPS) is 21.4. The Balaban J connectivity index is 2.19. The van der Waals surface area contributed by atoms with Crippen LogP contribution in [-0.4, -0.2) is 24.5 Å². The molecule has 2 nitrogen and oxygen atoms in total. The number of benzene rings is 1. The summed E-state index contributed by atoms with van der Waals surface area (Å²) in [6.07, 6.45) is 3.70. The highest BCUT2D eigenvalue weighted by Crippen LogP contribution is 2.34. The van der Waals surface area contributed by atoms with Crippen molar-refractivity contribution < 1.29 is 0 Å². The highest BCUT2D eigenvalue weighted by molar-refractivity contribution is 6.34. The van der Waals surface area contributed by atoms with E-state index in [2.05, 4.69) is 18.7 Å². The molecule has 0 bridgehead atoms. The molecule has 1 saturated heterocycles. The highest BCUT2D eigenvalue weighted by atomic mass is 35.5. The van der Waals surface area contributed by atoms with Gasteiger partial charge >= 0.3 is 0 Å².